The molecule has 0 saturated carbocycles. The van der Waals surface area contributed by atoms with E-state index in [-0.39, 0.29) is 12.2 Å². The van der Waals surface area contributed by atoms with E-state index in [9.17, 15) is 8.42 Å². The minimum Gasteiger partial charge on any atom is -0.370 e. The number of aryl methyl sites for hydroxylation is 1. The second-order valence-electron chi connectivity index (χ2n) is 5.17. The highest BCUT2D eigenvalue weighted by Crippen LogP contribution is 2.22. The first-order chi connectivity index (χ1) is 9.05. The Bertz CT molecular complexity index is 544. The van der Waals surface area contributed by atoms with Crippen LogP contribution in [0.15, 0.2) is 29.2 Å². The molecule has 1 aromatic rings. The van der Waals surface area contributed by atoms with Gasteiger partial charge in [0.15, 0.2) is 0 Å². The average molecular weight is 282 g/mol. The molecular weight excluding hydrogens is 264 g/mol. The predicted octanol–water partition coefficient (Wildman–Crippen LogP) is 0.356. The molecule has 19 heavy (non-hydrogen) atoms. The predicted molar refractivity (Wildman–Crippen MR) is 71.5 cm³/mol. The van der Waals surface area contributed by atoms with Gasteiger partial charge in [-0.3, -0.25) is 0 Å². The summed E-state index contributed by atoms with van der Waals surface area (Å²) in [7, 11) is -3.40. The normalized spacial score (nSPS) is 28.3. The molecule has 0 aliphatic carbocycles. The molecule has 2 aliphatic rings. The summed E-state index contributed by atoms with van der Waals surface area (Å²) in [5.41, 5.74) is 1.06. The minimum atomic E-state index is -3.40. The lowest BCUT2D eigenvalue weighted by atomic mass is 10.2. The summed E-state index contributed by atoms with van der Waals surface area (Å²) in [5.74, 6) is 0. The molecule has 0 amide bonds. The molecule has 2 aliphatic heterocycles. The van der Waals surface area contributed by atoms with Gasteiger partial charge in [-0.1, -0.05) is 17.7 Å². The number of hydrogen-bond donors (Lipinski definition) is 1. The van der Waals surface area contributed by atoms with Crippen LogP contribution in [0.5, 0.6) is 0 Å². The minimum absolute atomic E-state index is 0.0345. The number of rotatable bonds is 2. The van der Waals surface area contributed by atoms with Crippen LogP contribution in [-0.4, -0.2) is 51.1 Å². The first kappa shape index (κ1) is 13.1. The quantitative estimate of drug-likeness (QED) is 0.851. The van der Waals surface area contributed by atoms with Crippen molar-refractivity contribution in [3.05, 3.63) is 29.8 Å². The molecule has 2 bridgehead atoms. The maximum Gasteiger partial charge on any atom is 0.243 e. The topological polar surface area (TPSA) is 58.6 Å². The van der Waals surface area contributed by atoms with Crippen LogP contribution >= 0.6 is 0 Å². The Morgan fingerprint density at radius 3 is 2.32 bits per heavy atom. The summed E-state index contributed by atoms with van der Waals surface area (Å²) in [5, 5.41) is 3.26. The molecule has 1 aromatic carbocycles. The van der Waals surface area contributed by atoms with Crippen LogP contribution in [0.2, 0.25) is 0 Å². The zero-order valence-electron chi connectivity index (χ0n) is 10.9. The van der Waals surface area contributed by atoms with Crippen LogP contribution in [0.3, 0.4) is 0 Å². The molecule has 6 heteroatoms. The van der Waals surface area contributed by atoms with Gasteiger partial charge in [0, 0.05) is 26.2 Å². The van der Waals surface area contributed by atoms with E-state index in [1.165, 1.54) is 0 Å². The third-order valence-corrected chi connectivity index (χ3v) is 5.45. The van der Waals surface area contributed by atoms with Gasteiger partial charge in [0.2, 0.25) is 10.0 Å². The van der Waals surface area contributed by atoms with Crippen molar-refractivity contribution in [2.45, 2.75) is 24.0 Å². The highest BCUT2D eigenvalue weighted by Gasteiger charge is 2.37. The zero-order valence-corrected chi connectivity index (χ0v) is 11.7. The lowest BCUT2D eigenvalue weighted by Crippen LogP contribution is -2.59. The smallest absolute Gasteiger partial charge is 0.243 e. The average Bonchev–Trinajstić information content (AvgIpc) is 2.38. The molecule has 2 unspecified atom stereocenters. The van der Waals surface area contributed by atoms with E-state index in [4.69, 9.17) is 4.74 Å². The second kappa shape index (κ2) is 4.86. The fourth-order valence-electron chi connectivity index (χ4n) is 2.57. The maximum absolute atomic E-state index is 12.6. The monoisotopic (exact) mass is 282 g/mol. The number of nitrogens with one attached hydrogen (secondary N) is 1. The standard InChI is InChI=1S/C13H18N2O3S/c1-10-2-4-13(5-3-10)19(16,17)15-8-11-6-14-7-12(9-15)18-11/h2-5,11-12,14H,6-9H2,1H3. The van der Waals surface area contributed by atoms with Gasteiger partial charge in [0.25, 0.3) is 0 Å². The third-order valence-electron chi connectivity index (χ3n) is 3.60. The van der Waals surface area contributed by atoms with Crippen molar-refractivity contribution in [3.63, 3.8) is 0 Å². The van der Waals surface area contributed by atoms with Crippen molar-refractivity contribution in [2.24, 2.45) is 0 Å². The molecule has 0 radical (unpaired) electrons. The first-order valence-corrected chi connectivity index (χ1v) is 7.93. The summed E-state index contributed by atoms with van der Waals surface area (Å²) >= 11 is 0. The lowest BCUT2D eigenvalue weighted by Gasteiger charge is -2.41. The third kappa shape index (κ3) is 2.53. The molecule has 1 N–H and O–H groups in total. The fourth-order valence-corrected chi connectivity index (χ4v) is 4.08. The Balaban J connectivity index is 1.86. The molecule has 2 saturated heterocycles. The molecule has 2 atom stereocenters. The molecule has 3 rings (SSSR count). The Hall–Kier alpha value is -0.950. The van der Waals surface area contributed by atoms with Crippen molar-refractivity contribution in [3.8, 4) is 0 Å². The van der Waals surface area contributed by atoms with Crippen molar-refractivity contribution in [1.82, 2.24) is 9.62 Å². The van der Waals surface area contributed by atoms with E-state index in [0.29, 0.717) is 18.0 Å². The van der Waals surface area contributed by atoms with Crippen LogP contribution < -0.4 is 5.32 Å². The highest BCUT2D eigenvalue weighted by atomic mass is 32.2. The Morgan fingerprint density at radius 2 is 1.74 bits per heavy atom. The van der Waals surface area contributed by atoms with E-state index in [1.54, 1.807) is 16.4 Å². The summed E-state index contributed by atoms with van der Waals surface area (Å²) in [6, 6.07) is 7.01. The Labute approximate surface area is 113 Å². The van der Waals surface area contributed by atoms with Crippen molar-refractivity contribution >= 4 is 10.0 Å². The SMILES string of the molecule is Cc1ccc(S(=O)(=O)N2CC3CNCC(C2)O3)cc1. The van der Waals surface area contributed by atoms with Gasteiger partial charge in [-0.05, 0) is 19.1 Å². The van der Waals surface area contributed by atoms with E-state index in [2.05, 4.69) is 5.32 Å². The van der Waals surface area contributed by atoms with Crippen LogP contribution in [0.1, 0.15) is 5.56 Å². The van der Waals surface area contributed by atoms with Gasteiger partial charge >= 0.3 is 0 Å². The Morgan fingerprint density at radius 1 is 1.16 bits per heavy atom. The molecule has 104 valence electrons. The van der Waals surface area contributed by atoms with E-state index in [0.717, 1.165) is 18.7 Å². The van der Waals surface area contributed by atoms with Crippen molar-refractivity contribution in [2.75, 3.05) is 26.2 Å². The van der Waals surface area contributed by atoms with Gasteiger partial charge in [-0.25, -0.2) is 8.42 Å². The van der Waals surface area contributed by atoms with E-state index >= 15 is 0 Å². The van der Waals surface area contributed by atoms with E-state index < -0.39 is 10.0 Å². The summed E-state index contributed by atoms with van der Waals surface area (Å²) < 4.78 is 32.4. The van der Waals surface area contributed by atoms with Crippen LogP contribution in [0, 0.1) is 6.92 Å². The molecule has 0 spiro atoms. The van der Waals surface area contributed by atoms with Crippen molar-refractivity contribution in [1.29, 1.82) is 0 Å². The van der Waals surface area contributed by atoms with Gasteiger partial charge in [0.05, 0.1) is 17.1 Å². The summed E-state index contributed by atoms with van der Waals surface area (Å²) in [6.45, 7) is 4.24. The number of ether oxygens (including phenoxy) is 1. The van der Waals surface area contributed by atoms with Gasteiger partial charge < -0.3 is 10.1 Å². The van der Waals surface area contributed by atoms with Crippen LogP contribution in [-0.2, 0) is 14.8 Å². The van der Waals surface area contributed by atoms with Gasteiger partial charge in [-0.15, -0.1) is 0 Å². The maximum atomic E-state index is 12.6. The number of nitrogens with zero attached hydrogens (tertiary/aromatic N) is 1. The van der Waals surface area contributed by atoms with Gasteiger partial charge in [-0.2, -0.15) is 4.31 Å². The Kier molecular flexibility index (Phi) is 3.34. The molecule has 2 heterocycles. The molecular formula is C13H18N2O3S. The number of sulfonamides is 1. The second-order valence-corrected chi connectivity index (χ2v) is 7.11. The largest absolute Gasteiger partial charge is 0.370 e. The first-order valence-electron chi connectivity index (χ1n) is 6.49. The summed E-state index contributed by atoms with van der Waals surface area (Å²) in [6.07, 6.45) is -0.0690. The molecule has 5 nitrogen and oxygen atoms in total. The molecule has 0 aromatic heterocycles. The van der Waals surface area contributed by atoms with Crippen molar-refractivity contribution < 1.29 is 13.2 Å². The van der Waals surface area contributed by atoms with Gasteiger partial charge in [0.1, 0.15) is 0 Å². The number of morpholine rings is 2. The number of benzene rings is 1. The highest BCUT2D eigenvalue weighted by molar-refractivity contribution is 7.89. The van der Waals surface area contributed by atoms with Crippen LogP contribution in [0.25, 0.3) is 0 Å². The molecule has 2 fully saturated rings. The summed E-state index contributed by atoms with van der Waals surface area (Å²) in [4.78, 5) is 0.367. The fraction of sp³-hybridized carbons (Fsp3) is 0.538. The van der Waals surface area contributed by atoms with E-state index in [1.807, 2.05) is 19.1 Å². The van der Waals surface area contributed by atoms with Crippen LogP contribution in [0.4, 0.5) is 0 Å². The number of fused-ring (bicyclic) bond motifs is 2. The zero-order chi connectivity index (χ0) is 13.5. The number of hydrogen-bond acceptors (Lipinski definition) is 4. The lowest BCUT2D eigenvalue weighted by molar-refractivity contribution is -0.0824.